The number of nitrogens with zero attached hydrogens (tertiary/aromatic N) is 3. The Kier molecular flexibility index (Phi) is 5.08. The van der Waals surface area contributed by atoms with Crippen LogP contribution < -0.4 is 5.56 Å². The minimum atomic E-state index is -1.01. The maximum Gasteiger partial charge on any atom is 0.306 e. The minimum Gasteiger partial charge on any atom is -0.481 e. The van der Waals surface area contributed by atoms with Crippen LogP contribution in [0.1, 0.15) is 16.9 Å². The molecule has 1 aliphatic heterocycles. The molecule has 0 bridgehead atoms. The molecule has 1 N–H and O–H groups in total. The van der Waals surface area contributed by atoms with Gasteiger partial charge in [-0.3, -0.25) is 14.4 Å². The van der Waals surface area contributed by atoms with Gasteiger partial charge in [-0.05, 0) is 30.3 Å². The van der Waals surface area contributed by atoms with Gasteiger partial charge in [-0.1, -0.05) is 0 Å². The van der Waals surface area contributed by atoms with E-state index < -0.39 is 29.4 Å². The first-order valence-corrected chi connectivity index (χ1v) is 7.93. The Balaban J connectivity index is 1.84. The summed E-state index contributed by atoms with van der Waals surface area (Å²) in [5.41, 5.74) is -0.0967. The molecular weight excluding hydrogens is 345 g/mol. The molecule has 9 heteroatoms. The molecule has 1 aliphatic rings. The minimum absolute atomic E-state index is 0.0323. The monoisotopic (exact) mass is 361 g/mol. The van der Waals surface area contributed by atoms with Crippen LogP contribution in [0.5, 0.6) is 0 Å². The van der Waals surface area contributed by atoms with Crippen LogP contribution in [0.2, 0.25) is 0 Å². The molecule has 136 valence electrons. The first kappa shape index (κ1) is 17.7. The van der Waals surface area contributed by atoms with Crippen molar-refractivity contribution in [3.05, 3.63) is 58.3 Å². The summed E-state index contributed by atoms with van der Waals surface area (Å²) >= 11 is 0. The summed E-state index contributed by atoms with van der Waals surface area (Å²) in [6.07, 6.45) is -0.792. The fraction of sp³-hybridized carbons (Fsp3) is 0.294. The Morgan fingerprint density at radius 3 is 2.65 bits per heavy atom. The number of rotatable bonds is 4. The molecule has 1 aromatic heterocycles. The van der Waals surface area contributed by atoms with Crippen LogP contribution >= 0.6 is 0 Å². The van der Waals surface area contributed by atoms with E-state index in [2.05, 4.69) is 5.10 Å². The molecule has 3 rings (SSSR count). The zero-order chi connectivity index (χ0) is 18.7. The molecule has 8 nitrogen and oxygen atoms in total. The molecule has 0 aliphatic carbocycles. The number of hydrogen-bond acceptors (Lipinski definition) is 5. The van der Waals surface area contributed by atoms with Crippen LogP contribution in [-0.4, -0.2) is 57.5 Å². The number of halogens is 1. The maximum atomic E-state index is 13.1. The second-order valence-corrected chi connectivity index (χ2v) is 5.79. The highest BCUT2D eigenvalue weighted by Crippen LogP contribution is 2.12. The number of hydrogen-bond donors (Lipinski definition) is 1. The Hall–Kier alpha value is -3.07. The molecule has 1 amide bonds. The predicted octanol–water partition coefficient (Wildman–Crippen LogP) is 0.687. The number of morpholine rings is 1. The van der Waals surface area contributed by atoms with Gasteiger partial charge >= 0.3 is 5.97 Å². The average molecular weight is 361 g/mol. The van der Waals surface area contributed by atoms with Crippen molar-refractivity contribution in [2.45, 2.75) is 12.5 Å². The quantitative estimate of drug-likeness (QED) is 0.860. The number of benzene rings is 1. The number of ether oxygens (including phenoxy) is 1. The highest BCUT2D eigenvalue weighted by Gasteiger charge is 2.27. The van der Waals surface area contributed by atoms with Gasteiger partial charge < -0.3 is 14.7 Å². The van der Waals surface area contributed by atoms with Crippen molar-refractivity contribution in [3.63, 3.8) is 0 Å². The molecule has 1 unspecified atom stereocenters. The van der Waals surface area contributed by atoms with E-state index >= 15 is 0 Å². The number of carboxylic acids is 1. The number of carboxylic acid groups (broad SMARTS) is 1. The van der Waals surface area contributed by atoms with Crippen LogP contribution in [0, 0.1) is 5.82 Å². The number of carbonyl (C=O) groups excluding carboxylic acids is 1. The van der Waals surface area contributed by atoms with Crippen molar-refractivity contribution in [2.75, 3.05) is 19.7 Å². The zero-order valence-electron chi connectivity index (χ0n) is 13.7. The second-order valence-electron chi connectivity index (χ2n) is 5.79. The van der Waals surface area contributed by atoms with Gasteiger partial charge in [-0.2, -0.15) is 9.78 Å². The third-order valence-electron chi connectivity index (χ3n) is 3.92. The van der Waals surface area contributed by atoms with Crippen molar-refractivity contribution >= 4 is 11.9 Å². The van der Waals surface area contributed by atoms with Crippen molar-refractivity contribution < 1.29 is 23.8 Å². The topological polar surface area (TPSA) is 102 Å². The number of amides is 1. The average Bonchev–Trinajstić information content (AvgIpc) is 2.62. The van der Waals surface area contributed by atoms with Gasteiger partial charge in [0.05, 0.1) is 24.8 Å². The van der Waals surface area contributed by atoms with Crippen molar-refractivity contribution in [3.8, 4) is 5.69 Å². The normalized spacial score (nSPS) is 17.1. The Labute approximate surface area is 147 Å². The number of aliphatic carboxylic acids is 1. The molecule has 1 fully saturated rings. The van der Waals surface area contributed by atoms with E-state index in [1.54, 1.807) is 0 Å². The van der Waals surface area contributed by atoms with Gasteiger partial charge in [0, 0.05) is 19.2 Å². The van der Waals surface area contributed by atoms with Gasteiger partial charge in [0.2, 0.25) is 0 Å². The van der Waals surface area contributed by atoms with E-state index in [0.29, 0.717) is 12.2 Å². The largest absolute Gasteiger partial charge is 0.481 e. The summed E-state index contributed by atoms with van der Waals surface area (Å²) in [7, 11) is 0. The smallest absolute Gasteiger partial charge is 0.306 e. The molecule has 2 aromatic rings. The van der Waals surface area contributed by atoms with E-state index in [9.17, 15) is 18.8 Å². The molecular formula is C17H16FN3O5. The lowest BCUT2D eigenvalue weighted by atomic mass is 10.2. The molecule has 26 heavy (non-hydrogen) atoms. The third kappa shape index (κ3) is 3.94. The van der Waals surface area contributed by atoms with E-state index in [1.165, 1.54) is 41.3 Å². The zero-order valence-corrected chi connectivity index (χ0v) is 13.7. The first-order valence-electron chi connectivity index (χ1n) is 7.93. The van der Waals surface area contributed by atoms with Gasteiger partial charge in [-0.25, -0.2) is 4.39 Å². The van der Waals surface area contributed by atoms with E-state index in [-0.39, 0.29) is 25.3 Å². The van der Waals surface area contributed by atoms with Gasteiger partial charge in [0.1, 0.15) is 11.5 Å². The third-order valence-corrected chi connectivity index (χ3v) is 3.92. The van der Waals surface area contributed by atoms with Gasteiger partial charge in [0.15, 0.2) is 0 Å². The summed E-state index contributed by atoms with van der Waals surface area (Å²) in [6, 6.07) is 7.67. The van der Waals surface area contributed by atoms with Crippen molar-refractivity contribution in [1.29, 1.82) is 0 Å². The number of aromatic nitrogens is 2. The standard InChI is InChI=1S/C17H16FN3O5/c18-11-1-3-12(4-2-11)21-15(22)6-5-14(19-21)17(25)20-7-8-26-13(10-20)9-16(23)24/h1-6,13H,7-10H2,(H,23,24). The van der Waals surface area contributed by atoms with Crippen LogP contribution in [0.25, 0.3) is 5.69 Å². The molecule has 0 saturated carbocycles. The second kappa shape index (κ2) is 7.44. The van der Waals surface area contributed by atoms with Gasteiger partial charge in [0.25, 0.3) is 11.5 Å². The predicted molar refractivity (Wildman–Crippen MR) is 87.7 cm³/mol. The molecule has 2 heterocycles. The summed E-state index contributed by atoms with van der Waals surface area (Å²) in [5.74, 6) is -1.89. The molecule has 1 aromatic carbocycles. The van der Waals surface area contributed by atoms with Gasteiger partial charge in [-0.15, -0.1) is 0 Å². The summed E-state index contributed by atoms with van der Waals surface area (Å²) in [4.78, 5) is 37.0. The highest BCUT2D eigenvalue weighted by atomic mass is 19.1. The number of carbonyl (C=O) groups is 2. The molecule has 1 saturated heterocycles. The van der Waals surface area contributed by atoms with E-state index in [1.807, 2.05) is 0 Å². The van der Waals surface area contributed by atoms with Crippen LogP contribution in [0.4, 0.5) is 4.39 Å². The highest BCUT2D eigenvalue weighted by molar-refractivity contribution is 5.92. The maximum absolute atomic E-state index is 13.1. The Morgan fingerprint density at radius 1 is 1.23 bits per heavy atom. The Bertz CT molecular complexity index is 881. The summed E-state index contributed by atoms with van der Waals surface area (Å²) < 4.78 is 19.4. The van der Waals surface area contributed by atoms with E-state index in [4.69, 9.17) is 9.84 Å². The fourth-order valence-electron chi connectivity index (χ4n) is 2.68. The summed E-state index contributed by atoms with van der Waals surface area (Å²) in [6.45, 7) is 0.649. The molecule has 0 spiro atoms. The van der Waals surface area contributed by atoms with Crippen LogP contribution in [-0.2, 0) is 9.53 Å². The van der Waals surface area contributed by atoms with Crippen LogP contribution in [0.3, 0.4) is 0 Å². The summed E-state index contributed by atoms with van der Waals surface area (Å²) in [5, 5.41) is 12.9. The molecule has 0 radical (unpaired) electrons. The lowest BCUT2D eigenvalue weighted by Gasteiger charge is -2.32. The lowest BCUT2D eigenvalue weighted by Crippen LogP contribution is -2.46. The molecule has 1 atom stereocenters. The van der Waals surface area contributed by atoms with Crippen molar-refractivity contribution in [2.24, 2.45) is 0 Å². The van der Waals surface area contributed by atoms with Crippen molar-refractivity contribution in [1.82, 2.24) is 14.7 Å². The lowest BCUT2D eigenvalue weighted by molar-refractivity contribution is -0.141. The SMILES string of the molecule is O=C(O)CC1CN(C(=O)c2ccc(=O)n(-c3ccc(F)cc3)n2)CCO1. The Morgan fingerprint density at radius 2 is 1.96 bits per heavy atom. The van der Waals surface area contributed by atoms with E-state index in [0.717, 1.165) is 4.68 Å². The fourth-order valence-corrected chi connectivity index (χ4v) is 2.68. The van der Waals surface area contributed by atoms with Crippen LogP contribution in [0.15, 0.2) is 41.2 Å². The first-order chi connectivity index (χ1) is 12.4.